The van der Waals surface area contributed by atoms with Crippen molar-refractivity contribution in [1.82, 2.24) is 19.9 Å². The summed E-state index contributed by atoms with van der Waals surface area (Å²) in [5.74, 6) is -0.580. The minimum atomic E-state index is -0.291. The quantitative estimate of drug-likeness (QED) is 0.138. The number of H-pyrrole nitrogens is 2. The number of nitrogens with zero attached hydrogens (tertiary/aromatic N) is 2. The SMILES string of the molecule is C=C(C1=C(C)c2cc3[nH]c(cc4nc(cc5[nH]c(cc1n2)c(C)c5CCC(=O)OC)C(CCC(=O)OC)=C4C)c(C)c3C(=C)c1ccccc1)c1ccccc1. The number of esters is 2. The fourth-order valence-corrected chi connectivity index (χ4v) is 7.74. The first-order chi connectivity index (χ1) is 27.0. The number of allylic oxidation sites excluding steroid dienone is 5. The van der Waals surface area contributed by atoms with Crippen molar-refractivity contribution < 1.29 is 19.1 Å². The molecule has 5 heterocycles. The van der Waals surface area contributed by atoms with Gasteiger partial charge in [0, 0.05) is 46.0 Å². The van der Waals surface area contributed by atoms with Gasteiger partial charge in [-0.15, -0.1) is 0 Å². The fraction of sp³-hybridized carbons (Fsp3) is 0.208. The van der Waals surface area contributed by atoms with Crippen LogP contribution in [0, 0.1) is 13.8 Å². The summed E-state index contributed by atoms with van der Waals surface area (Å²) in [4.78, 5) is 42.8. The van der Waals surface area contributed by atoms with E-state index in [0.717, 1.165) is 112 Å². The van der Waals surface area contributed by atoms with Crippen LogP contribution in [-0.4, -0.2) is 46.1 Å². The summed E-state index contributed by atoms with van der Waals surface area (Å²) in [5, 5.41) is 0. The summed E-state index contributed by atoms with van der Waals surface area (Å²) < 4.78 is 10.1. The van der Waals surface area contributed by atoms with Crippen LogP contribution in [-0.2, 0) is 25.5 Å². The van der Waals surface area contributed by atoms with E-state index in [1.165, 1.54) is 14.2 Å². The Morgan fingerprint density at radius 2 is 1.09 bits per heavy atom. The molecule has 0 amide bonds. The normalized spacial score (nSPS) is 12.5. The number of nitrogens with one attached hydrogen (secondary N) is 2. The Bertz CT molecular complexity index is 2660. The number of fused-ring (bicyclic) bond motifs is 8. The standard InChI is InChI=1S/C48H46N4O4/c1-27(33-15-11-9-12-16-33)47-31(5)39-23-37-29(3)35(19-21-45(53)55-7)41(49-37)26-42-36(20-22-46(54)56-8)30(4)38(50-42)24-43-48(28(2)34-17-13-10-14-18-34)32(6)40(52-43)25-44(47)51-39/h9-18,23-26,50-51H,1-2,19-22H2,3-8H3. The fourth-order valence-electron chi connectivity index (χ4n) is 7.74. The predicted octanol–water partition coefficient (Wildman–Crippen LogP) is 10.6. The molecule has 56 heavy (non-hydrogen) atoms. The molecule has 7 rings (SSSR count). The molecule has 2 aliphatic rings. The number of ether oxygens (including phenoxy) is 2. The van der Waals surface area contributed by atoms with Crippen molar-refractivity contribution in [2.45, 2.75) is 53.4 Å². The lowest BCUT2D eigenvalue weighted by atomic mass is 9.93. The Hall–Kier alpha value is -6.54. The molecule has 0 spiro atoms. The Balaban J connectivity index is 1.59. The maximum atomic E-state index is 12.4. The zero-order chi connectivity index (χ0) is 39.7. The number of carbonyl (C=O) groups is 2. The second kappa shape index (κ2) is 15.7. The van der Waals surface area contributed by atoms with Gasteiger partial charge >= 0.3 is 11.9 Å². The van der Waals surface area contributed by atoms with Gasteiger partial charge in [0.15, 0.2) is 0 Å². The summed E-state index contributed by atoms with van der Waals surface area (Å²) >= 11 is 0. The van der Waals surface area contributed by atoms with Crippen LogP contribution in [0.2, 0.25) is 0 Å². The van der Waals surface area contributed by atoms with Gasteiger partial charge in [0.1, 0.15) is 0 Å². The summed E-state index contributed by atoms with van der Waals surface area (Å²) in [5.41, 5.74) is 18.2. The third-order valence-electron chi connectivity index (χ3n) is 11.0. The highest BCUT2D eigenvalue weighted by Crippen LogP contribution is 2.41. The Morgan fingerprint density at radius 1 is 0.589 bits per heavy atom. The molecule has 3 aromatic heterocycles. The van der Waals surface area contributed by atoms with Crippen LogP contribution >= 0.6 is 0 Å². The number of hydrogen-bond acceptors (Lipinski definition) is 6. The molecule has 282 valence electrons. The summed E-state index contributed by atoms with van der Waals surface area (Å²) in [6, 6.07) is 28.6. The molecule has 8 heteroatoms. The van der Waals surface area contributed by atoms with Crippen molar-refractivity contribution in [2.24, 2.45) is 0 Å². The predicted molar refractivity (Wildman–Crippen MR) is 227 cm³/mol. The number of aromatic amines is 2. The number of carbonyl (C=O) groups excluding carboxylic acids is 2. The first-order valence-corrected chi connectivity index (χ1v) is 18.8. The molecular formula is C48H46N4O4. The third kappa shape index (κ3) is 7.18. The van der Waals surface area contributed by atoms with Gasteiger partial charge in [0.2, 0.25) is 0 Å². The van der Waals surface area contributed by atoms with Gasteiger partial charge in [0.05, 0.1) is 37.0 Å². The molecule has 8 bridgehead atoms. The minimum absolute atomic E-state index is 0.210. The zero-order valence-electron chi connectivity index (χ0n) is 32.9. The zero-order valence-corrected chi connectivity index (χ0v) is 32.9. The van der Waals surface area contributed by atoms with Gasteiger partial charge in [-0.1, -0.05) is 73.8 Å². The monoisotopic (exact) mass is 742 g/mol. The molecule has 8 nitrogen and oxygen atoms in total. The van der Waals surface area contributed by atoms with E-state index in [1.54, 1.807) is 0 Å². The second-order valence-electron chi connectivity index (χ2n) is 14.3. The van der Waals surface area contributed by atoms with Crippen LogP contribution in [0.4, 0.5) is 0 Å². The van der Waals surface area contributed by atoms with Gasteiger partial charge in [-0.3, -0.25) is 9.59 Å². The third-order valence-corrected chi connectivity index (χ3v) is 11.0. The highest BCUT2D eigenvalue weighted by Gasteiger charge is 2.24. The van der Waals surface area contributed by atoms with Crippen molar-refractivity contribution in [3.05, 3.63) is 154 Å². The van der Waals surface area contributed by atoms with E-state index in [4.69, 9.17) is 19.4 Å². The maximum Gasteiger partial charge on any atom is 0.305 e. The highest BCUT2D eigenvalue weighted by atomic mass is 16.5. The number of methoxy groups -OCH3 is 2. The molecule has 0 saturated carbocycles. The van der Waals surface area contributed by atoms with Crippen LogP contribution in [0.1, 0.15) is 89.3 Å². The first kappa shape index (κ1) is 37.8. The lowest BCUT2D eigenvalue weighted by molar-refractivity contribution is -0.141. The minimum Gasteiger partial charge on any atom is -0.469 e. The summed E-state index contributed by atoms with van der Waals surface area (Å²) in [6.07, 6.45) is 1.33. The smallest absolute Gasteiger partial charge is 0.305 e. The Labute approximate surface area is 327 Å². The number of rotatable bonds is 10. The summed E-state index contributed by atoms with van der Waals surface area (Å²) in [6.45, 7) is 17.5. The molecule has 0 radical (unpaired) electrons. The van der Waals surface area contributed by atoms with E-state index < -0.39 is 0 Å². The van der Waals surface area contributed by atoms with Crippen LogP contribution in [0.15, 0.2) is 98.1 Å². The molecule has 0 saturated heterocycles. The van der Waals surface area contributed by atoms with Gasteiger partial charge in [0.25, 0.3) is 0 Å². The van der Waals surface area contributed by atoms with E-state index in [-0.39, 0.29) is 24.8 Å². The van der Waals surface area contributed by atoms with E-state index in [9.17, 15) is 9.59 Å². The van der Waals surface area contributed by atoms with Crippen molar-refractivity contribution in [3.8, 4) is 0 Å². The molecule has 2 aliphatic heterocycles. The second-order valence-corrected chi connectivity index (χ2v) is 14.3. The molecule has 0 atom stereocenters. The van der Waals surface area contributed by atoms with Crippen LogP contribution in [0.25, 0.3) is 55.5 Å². The molecule has 2 aromatic carbocycles. The molecule has 0 unspecified atom stereocenters. The van der Waals surface area contributed by atoms with E-state index in [0.29, 0.717) is 12.8 Å². The first-order valence-electron chi connectivity index (χ1n) is 18.8. The van der Waals surface area contributed by atoms with Crippen molar-refractivity contribution >= 4 is 67.4 Å². The molecule has 0 aliphatic carbocycles. The highest BCUT2D eigenvalue weighted by molar-refractivity contribution is 6.15. The van der Waals surface area contributed by atoms with Gasteiger partial charge in [-0.05, 0) is 120 Å². The number of aromatic nitrogens is 4. The van der Waals surface area contributed by atoms with Crippen LogP contribution in [0.5, 0.6) is 0 Å². The average Bonchev–Trinajstić information content (AvgIpc) is 3.88. The van der Waals surface area contributed by atoms with E-state index >= 15 is 0 Å². The lowest BCUT2D eigenvalue weighted by Gasteiger charge is -2.09. The topological polar surface area (TPSA) is 110 Å². The molecular weight excluding hydrogens is 697 g/mol. The number of hydrogen-bond donors (Lipinski definition) is 2. The van der Waals surface area contributed by atoms with Gasteiger partial charge < -0.3 is 19.4 Å². The average molecular weight is 743 g/mol. The van der Waals surface area contributed by atoms with Crippen molar-refractivity contribution in [1.29, 1.82) is 0 Å². The Morgan fingerprint density at radius 3 is 1.73 bits per heavy atom. The van der Waals surface area contributed by atoms with Crippen molar-refractivity contribution in [2.75, 3.05) is 14.2 Å². The van der Waals surface area contributed by atoms with Gasteiger partial charge in [-0.25, -0.2) is 9.97 Å². The van der Waals surface area contributed by atoms with E-state index in [1.807, 2.05) is 49.4 Å². The number of aryl methyl sites for hydroxylation is 3. The molecule has 0 fully saturated rings. The lowest BCUT2D eigenvalue weighted by Crippen LogP contribution is -2.02. The van der Waals surface area contributed by atoms with Crippen molar-refractivity contribution in [3.63, 3.8) is 0 Å². The molecule has 2 N–H and O–H groups in total. The summed E-state index contributed by atoms with van der Waals surface area (Å²) in [7, 11) is 2.81. The maximum absolute atomic E-state index is 12.4. The Kier molecular flexibility index (Phi) is 10.6. The van der Waals surface area contributed by atoms with E-state index in [2.05, 4.69) is 86.4 Å². The van der Waals surface area contributed by atoms with Gasteiger partial charge in [-0.2, -0.15) is 0 Å². The number of benzene rings is 2. The molecule has 5 aromatic rings. The van der Waals surface area contributed by atoms with Crippen LogP contribution < -0.4 is 0 Å². The largest absolute Gasteiger partial charge is 0.469 e. The van der Waals surface area contributed by atoms with Crippen LogP contribution in [0.3, 0.4) is 0 Å².